The van der Waals surface area contributed by atoms with Crippen molar-refractivity contribution in [1.82, 2.24) is 14.5 Å². The van der Waals surface area contributed by atoms with Crippen LogP contribution in [-0.4, -0.2) is 41.8 Å². The first-order valence-corrected chi connectivity index (χ1v) is 13.1. The highest BCUT2D eigenvalue weighted by Gasteiger charge is 2.31. The molecule has 4 rings (SSSR count). The molecule has 0 radical (unpaired) electrons. The van der Waals surface area contributed by atoms with Crippen molar-refractivity contribution in [1.29, 1.82) is 0 Å². The average Bonchev–Trinajstić information content (AvgIpc) is 2.88. The monoisotopic (exact) mass is 523 g/mol. The van der Waals surface area contributed by atoms with Crippen molar-refractivity contribution in [2.24, 2.45) is 0 Å². The molecule has 2 heterocycles. The number of aromatic hydroxyl groups is 1. The van der Waals surface area contributed by atoms with Crippen molar-refractivity contribution in [2.45, 2.75) is 35.6 Å². The minimum absolute atomic E-state index is 0.0863. The minimum Gasteiger partial charge on any atom is -0.492 e. The zero-order chi connectivity index (χ0) is 26.6. The molecule has 37 heavy (non-hydrogen) atoms. The van der Waals surface area contributed by atoms with Crippen LogP contribution in [0.4, 0.5) is 4.39 Å². The van der Waals surface area contributed by atoms with E-state index in [1.807, 2.05) is 37.3 Å². The number of methoxy groups -OCH3 is 1. The maximum absolute atomic E-state index is 13.8. The van der Waals surface area contributed by atoms with Gasteiger partial charge in [0.2, 0.25) is 15.7 Å². The number of benzene rings is 2. The molecule has 0 saturated carbocycles. The molecule has 0 fully saturated rings. The van der Waals surface area contributed by atoms with Crippen molar-refractivity contribution in [3.05, 3.63) is 101 Å². The van der Waals surface area contributed by atoms with Gasteiger partial charge in [0.1, 0.15) is 11.6 Å². The Labute approximate surface area is 214 Å². The Hall–Kier alpha value is -3.89. The van der Waals surface area contributed by atoms with Gasteiger partial charge in [-0.15, -0.1) is 0 Å². The predicted octanol–water partition coefficient (Wildman–Crippen LogP) is 4.17. The van der Waals surface area contributed by atoms with Crippen molar-refractivity contribution < 1.29 is 22.7 Å². The molecule has 1 atom stereocenters. The highest BCUT2D eigenvalue weighted by Crippen LogP contribution is 2.29. The quantitative estimate of drug-likeness (QED) is 0.350. The summed E-state index contributed by atoms with van der Waals surface area (Å²) in [7, 11) is -2.98. The molecule has 10 heteroatoms. The summed E-state index contributed by atoms with van der Waals surface area (Å²) in [4.78, 5) is 20.7. The number of hydrogen-bond donors (Lipinski definition) is 1. The minimum atomic E-state index is -4.47. The number of rotatable bonds is 9. The molecule has 2 aromatic heterocycles. The lowest BCUT2D eigenvalue weighted by Gasteiger charge is -2.23. The first-order valence-electron chi connectivity index (χ1n) is 11.6. The highest BCUT2D eigenvalue weighted by atomic mass is 32.2. The van der Waals surface area contributed by atoms with Crippen molar-refractivity contribution in [2.75, 3.05) is 13.7 Å². The number of ether oxygens (including phenoxy) is 1. The number of halogens is 1. The number of sulfone groups is 1. The zero-order valence-electron chi connectivity index (χ0n) is 20.3. The molecular weight excluding hydrogens is 497 g/mol. The normalized spacial score (nSPS) is 12.4. The van der Waals surface area contributed by atoms with Crippen LogP contribution < -0.4 is 5.56 Å². The van der Waals surface area contributed by atoms with E-state index in [0.29, 0.717) is 24.0 Å². The Morgan fingerprint density at radius 2 is 1.76 bits per heavy atom. The van der Waals surface area contributed by atoms with Gasteiger partial charge in [-0.3, -0.25) is 14.3 Å². The van der Waals surface area contributed by atoms with Gasteiger partial charge in [-0.2, -0.15) is 4.98 Å². The molecule has 2 aromatic carbocycles. The van der Waals surface area contributed by atoms with Gasteiger partial charge in [0, 0.05) is 25.3 Å². The number of aromatic nitrogens is 3. The Kier molecular flexibility index (Phi) is 7.80. The van der Waals surface area contributed by atoms with E-state index in [1.54, 1.807) is 0 Å². The molecule has 8 nitrogen and oxygen atoms in total. The maximum Gasteiger partial charge on any atom is 0.277 e. The van der Waals surface area contributed by atoms with Crippen LogP contribution in [-0.2, 0) is 21.0 Å². The SMILES string of the molecule is CCCc1nc(O)c(S(=O)(=O)c2ccc(-c3cncc(F)c3)cc2)c(=O)n1[C@@H](COC)c1ccccc1. The first kappa shape index (κ1) is 26.2. The smallest absolute Gasteiger partial charge is 0.277 e. The van der Waals surface area contributed by atoms with E-state index in [-0.39, 0.29) is 17.3 Å². The third-order valence-electron chi connectivity index (χ3n) is 5.89. The third kappa shape index (κ3) is 5.30. The molecular formula is C27H26FN3O5S. The summed E-state index contributed by atoms with van der Waals surface area (Å²) in [6.45, 7) is 1.98. The van der Waals surface area contributed by atoms with Gasteiger partial charge in [-0.05, 0) is 35.7 Å². The van der Waals surface area contributed by atoms with Crippen molar-refractivity contribution in [3.63, 3.8) is 0 Å². The van der Waals surface area contributed by atoms with Crippen LogP contribution in [0.15, 0.2) is 87.6 Å². The summed E-state index contributed by atoms with van der Waals surface area (Å²) in [6, 6.07) is 15.2. The van der Waals surface area contributed by atoms with Gasteiger partial charge in [0.25, 0.3) is 5.56 Å². The van der Waals surface area contributed by atoms with Crippen LogP contribution >= 0.6 is 0 Å². The molecule has 0 amide bonds. The van der Waals surface area contributed by atoms with Crippen LogP contribution in [0, 0.1) is 5.82 Å². The molecule has 0 aliphatic heterocycles. The maximum atomic E-state index is 13.8. The van der Waals surface area contributed by atoms with E-state index in [0.717, 1.165) is 11.8 Å². The van der Waals surface area contributed by atoms with Gasteiger partial charge >= 0.3 is 0 Å². The Morgan fingerprint density at radius 1 is 1.05 bits per heavy atom. The Balaban J connectivity index is 1.86. The fourth-order valence-corrected chi connectivity index (χ4v) is 5.52. The number of hydrogen-bond acceptors (Lipinski definition) is 7. The lowest BCUT2D eigenvalue weighted by atomic mass is 10.1. The standard InChI is InChI=1S/C27H26FN3O5S/c1-3-7-24-30-26(32)25(27(33)31(24)23(17-36-2)19-8-5-4-6-9-19)37(34,35)22-12-10-18(11-13-22)20-14-21(28)16-29-15-20/h4-6,8-16,23,32H,3,7,17H2,1-2H3/t23-/m0/s1. The molecule has 0 aliphatic rings. The number of nitrogens with zero attached hydrogens (tertiary/aromatic N) is 3. The molecule has 192 valence electrons. The highest BCUT2D eigenvalue weighted by molar-refractivity contribution is 7.91. The molecule has 1 N–H and O–H groups in total. The molecule has 0 bridgehead atoms. The summed E-state index contributed by atoms with van der Waals surface area (Å²) in [5.74, 6) is -1.13. The number of pyridine rings is 1. The van der Waals surface area contributed by atoms with E-state index in [1.165, 1.54) is 48.2 Å². The lowest BCUT2D eigenvalue weighted by Crippen LogP contribution is -2.35. The van der Waals surface area contributed by atoms with E-state index < -0.39 is 38.0 Å². The van der Waals surface area contributed by atoms with Crippen LogP contribution in [0.2, 0.25) is 0 Å². The van der Waals surface area contributed by atoms with E-state index in [2.05, 4.69) is 9.97 Å². The molecule has 4 aromatic rings. The molecule has 0 unspecified atom stereocenters. The van der Waals surface area contributed by atoms with Crippen molar-refractivity contribution in [3.8, 4) is 17.0 Å². The number of aryl methyl sites for hydroxylation is 1. The molecule has 0 spiro atoms. The van der Waals surface area contributed by atoms with Gasteiger partial charge in [0.05, 0.1) is 23.7 Å². The van der Waals surface area contributed by atoms with Gasteiger partial charge in [-0.25, -0.2) is 12.8 Å². The first-order chi connectivity index (χ1) is 17.8. The molecule has 0 saturated heterocycles. The van der Waals surface area contributed by atoms with Gasteiger partial charge < -0.3 is 9.84 Å². The van der Waals surface area contributed by atoms with Gasteiger partial charge in [0.15, 0.2) is 4.90 Å². The van der Waals surface area contributed by atoms with E-state index in [4.69, 9.17) is 4.74 Å². The Bertz CT molecular complexity index is 1560. The second kappa shape index (κ2) is 11.0. The average molecular weight is 524 g/mol. The fraction of sp³-hybridized carbons (Fsp3) is 0.222. The fourth-order valence-electron chi connectivity index (χ4n) is 4.17. The molecule has 0 aliphatic carbocycles. The zero-order valence-corrected chi connectivity index (χ0v) is 21.2. The summed E-state index contributed by atoms with van der Waals surface area (Å²) >= 11 is 0. The van der Waals surface area contributed by atoms with E-state index in [9.17, 15) is 22.7 Å². The summed E-state index contributed by atoms with van der Waals surface area (Å²) in [6.07, 6.45) is 3.47. The third-order valence-corrected chi connectivity index (χ3v) is 7.68. The summed E-state index contributed by atoms with van der Waals surface area (Å²) in [5, 5.41) is 10.7. The lowest BCUT2D eigenvalue weighted by molar-refractivity contribution is 0.165. The topological polar surface area (TPSA) is 111 Å². The largest absolute Gasteiger partial charge is 0.492 e. The second-order valence-corrected chi connectivity index (χ2v) is 10.3. The second-order valence-electron chi connectivity index (χ2n) is 8.41. The summed E-state index contributed by atoms with van der Waals surface area (Å²) < 4.78 is 47.4. The van der Waals surface area contributed by atoms with Crippen LogP contribution in [0.1, 0.15) is 30.8 Å². The van der Waals surface area contributed by atoms with Gasteiger partial charge in [-0.1, -0.05) is 49.4 Å². The van der Waals surface area contributed by atoms with E-state index >= 15 is 0 Å². The Morgan fingerprint density at radius 3 is 2.38 bits per heavy atom. The predicted molar refractivity (Wildman–Crippen MR) is 136 cm³/mol. The van der Waals surface area contributed by atoms with Crippen LogP contribution in [0.3, 0.4) is 0 Å². The summed E-state index contributed by atoms with van der Waals surface area (Å²) in [5.41, 5.74) is 0.839. The van der Waals surface area contributed by atoms with Crippen LogP contribution in [0.25, 0.3) is 11.1 Å². The van der Waals surface area contributed by atoms with Crippen LogP contribution in [0.5, 0.6) is 5.88 Å². The van der Waals surface area contributed by atoms with Crippen molar-refractivity contribution >= 4 is 9.84 Å².